The predicted molar refractivity (Wildman–Crippen MR) is 85.8 cm³/mol. The van der Waals surface area contributed by atoms with E-state index in [9.17, 15) is 62.3 Å². The molecule has 0 heterocycles. The van der Waals surface area contributed by atoms with Gasteiger partial charge in [0.05, 0.1) is 33.4 Å². The molecule has 0 aliphatic heterocycles. The third kappa shape index (κ3) is 5.20. The molecule has 34 heavy (non-hydrogen) atoms. The lowest BCUT2D eigenvalue weighted by Crippen LogP contribution is -2.22. The van der Waals surface area contributed by atoms with E-state index in [0.29, 0.717) is 0 Å². The SMILES string of the molecule is O=C(O)c1cc(C(F)(F)F)c(-c2c(C(F)(F)F)cc(C(=O)O)cc2C(F)(F)F)c(C(F)(F)F)c1. The highest BCUT2D eigenvalue weighted by Crippen LogP contribution is 2.52. The molecule has 0 bridgehead atoms. The van der Waals surface area contributed by atoms with Crippen LogP contribution in [-0.4, -0.2) is 22.2 Å². The molecule has 0 amide bonds. The molecular formula is C18H6F12O4. The molecule has 0 aliphatic rings. The number of alkyl halides is 12. The minimum atomic E-state index is -6.07. The molecule has 0 spiro atoms. The number of hydrogen-bond acceptors (Lipinski definition) is 2. The first-order valence-corrected chi connectivity index (χ1v) is 8.18. The zero-order chi connectivity index (χ0) is 26.6. The summed E-state index contributed by atoms with van der Waals surface area (Å²) in [7, 11) is 0. The van der Waals surface area contributed by atoms with E-state index in [0.717, 1.165) is 0 Å². The molecule has 0 atom stereocenters. The zero-order valence-electron chi connectivity index (χ0n) is 15.6. The molecule has 0 radical (unpaired) electrons. The normalized spacial score (nSPS) is 13.2. The van der Waals surface area contributed by atoms with Gasteiger partial charge in [-0.2, -0.15) is 52.7 Å². The highest BCUT2D eigenvalue weighted by Gasteiger charge is 2.49. The van der Waals surface area contributed by atoms with Gasteiger partial charge in [0, 0.05) is 11.1 Å². The standard InChI is InChI=1S/C18H6F12O4/c19-15(20,21)7-1-5(13(31)32)2-8(16(22,23)24)11(7)12-9(17(25,26)27)3-6(14(33)34)4-10(12)18(28,29)30/h1-4H,(H,31,32)(H,33,34). The summed E-state index contributed by atoms with van der Waals surface area (Å²) in [5.41, 5.74) is -19.8. The first-order valence-electron chi connectivity index (χ1n) is 8.18. The summed E-state index contributed by atoms with van der Waals surface area (Å²) in [5, 5.41) is 17.7. The first-order chi connectivity index (χ1) is 15.1. The van der Waals surface area contributed by atoms with Gasteiger partial charge in [0.15, 0.2) is 0 Å². The number of rotatable bonds is 3. The number of hydrogen-bond donors (Lipinski definition) is 2. The second-order valence-electron chi connectivity index (χ2n) is 6.49. The van der Waals surface area contributed by atoms with Gasteiger partial charge < -0.3 is 10.2 Å². The summed E-state index contributed by atoms with van der Waals surface area (Å²) in [6, 6.07) is -2.23. The van der Waals surface area contributed by atoms with Gasteiger partial charge in [0.1, 0.15) is 0 Å². The fourth-order valence-electron chi connectivity index (χ4n) is 2.96. The third-order valence-electron chi connectivity index (χ3n) is 4.24. The summed E-state index contributed by atoms with van der Waals surface area (Å²) in [6.07, 6.45) is -24.3. The minimum absolute atomic E-state index is 0.557. The van der Waals surface area contributed by atoms with Gasteiger partial charge in [0.2, 0.25) is 0 Å². The van der Waals surface area contributed by atoms with Crippen LogP contribution in [-0.2, 0) is 24.7 Å². The van der Waals surface area contributed by atoms with Crippen molar-refractivity contribution in [3.8, 4) is 11.1 Å². The van der Waals surface area contributed by atoms with Crippen molar-refractivity contribution in [3.63, 3.8) is 0 Å². The molecule has 2 N–H and O–H groups in total. The first kappa shape index (κ1) is 26.8. The van der Waals surface area contributed by atoms with Crippen LogP contribution in [0.1, 0.15) is 43.0 Å². The summed E-state index contributed by atoms with van der Waals surface area (Å²) in [6.45, 7) is 0. The van der Waals surface area contributed by atoms with E-state index in [2.05, 4.69) is 0 Å². The third-order valence-corrected chi connectivity index (χ3v) is 4.24. The van der Waals surface area contributed by atoms with Gasteiger partial charge in [-0.15, -0.1) is 0 Å². The molecule has 0 saturated carbocycles. The number of aromatic carboxylic acids is 2. The number of benzene rings is 2. The van der Waals surface area contributed by atoms with Crippen LogP contribution in [0.4, 0.5) is 52.7 Å². The van der Waals surface area contributed by atoms with Crippen LogP contribution in [0.2, 0.25) is 0 Å². The lowest BCUT2D eigenvalue weighted by Gasteiger charge is -2.25. The highest BCUT2D eigenvalue weighted by molar-refractivity contribution is 5.93. The maximum absolute atomic E-state index is 13.6. The summed E-state index contributed by atoms with van der Waals surface area (Å²) < 4.78 is 163. The van der Waals surface area contributed by atoms with E-state index in [1.165, 1.54) is 0 Å². The van der Waals surface area contributed by atoms with Crippen LogP contribution in [0.25, 0.3) is 11.1 Å². The van der Waals surface area contributed by atoms with Crippen LogP contribution in [0.3, 0.4) is 0 Å². The molecule has 0 fully saturated rings. The smallest absolute Gasteiger partial charge is 0.417 e. The molecule has 0 unspecified atom stereocenters. The van der Waals surface area contributed by atoms with Crippen molar-refractivity contribution < 1.29 is 72.5 Å². The summed E-state index contributed by atoms with van der Waals surface area (Å²) in [5.74, 6) is -4.79. The van der Waals surface area contributed by atoms with Crippen LogP contribution < -0.4 is 0 Å². The molecule has 0 aliphatic carbocycles. The fourth-order valence-corrected chi connectivity index (χ4v) is 2.96. The Morgan fingerprint density at radius 1 is 0.471 bits per heavy atom. The van der Waals surface area contributed by atoms with Gasteiger partial charge in [-0.25, -0.2) is 9.59 Å². The Morgan fingerprint density at radius 2 is 0.647 bits per heavy atom. The van der Waals surface area contributed by atoms with Crippen molar-refractivity contribution in [2.75, 3.05) is 0 Å². The Kier molecular flexibility index (Phi) is 6.37. The molecule has 4 nitrogen and oxygen atoms in total. The Morgan fingerprint density at radius 3 is 0.765 bits per heavy atom. The van der Waals surface area contributed by atoms with Gasteiger partial charge in [-0.05, 0) is 24.3 Å². The van der Waals surface area contributed by atoms with E-state index < -0.39 is 105 Å². The summed E-state index contributed by atoms with van der Waals surface area (Å²) in [4.78, 5) is 22.0. The second-order valence-corrected chi connectivity index (χ2v) is 6.49. The average Bonchev–Trinajstić information content (AvgIpc) is 2.62. The quantitative estimate of drug-likeness (QED) is 0.441. The molecule has 2 aromatic rings. The Hall–Kier alpha value is -3.46. The van der Waals surface area contributed by atoms with E-state index in [1.807, 2.05) is 0 Å². The van der Waals surface area contributed by atoms with Gasteiger partial charge in [-0.3, -0.25) is 0 Å². The minimum Gasteiger partial charge on any atom is -0.478 e. The predicted octanol–water partition coefficient (Wildman–Crippen LogP) is 6.83. The average molecular weight is 514 g/mol. The van der Waals surface area contributed by atoms with E-state index in [1.54, 1.807) is 0 Å². The molecule has 2 rings (SSSR count). The molecule has 0 aromatic heterocycles. The lowest BCUT2D eigenvalue weighted by molar-refractivity contribution is -0.146. The largest absolute Gasteiger partial charge is 0.478 e. The Labute approximate surface area is 179 Å². The van der Waals surface area contributed by atoms with Crippen LogP contribution in [0, 0.1) is 0 Å². The van der Waals surface area contributed by atoms with Gasteiger partial charge >= 0.3 is 36.6 Å². The van der Waals surface area contributed by atoms with Crippen molar-refractivity contribution in [2.45, 2.75) is 24.7 Å². The van der Waals surface area contributed by atoms with Gasteiger partial charge in [-0.1, -0.05) is 0 Å². The van der Waals surface area contributed by atoms with E-state index in [-0.39, 0.29) is 0 Å². The van der Waals surface area contributed by atoms with Crippen LogP contribution >= 0.6 is 0 Å². The van der Waals surface area contributed by atoms with Crippen molar-refractivity contribution >= 4 is 11.9 Å². The van der Waals surface area contributed by atoms with E-state index in [4.69, 9.17) is 10.2 Å². The fraction of sp³-hybridized carbons (Fsp3) is 0.222. The maximum atomic E-state index is 13.6. The molecular weight excluding hydrogens is 508 g/mol. The molecule has 16 heteroatoms. The van der Waals surface area contributed by atoms with Crippen molar-refractivity contribution in [3.05, 3.63) is 57.6 Å². The number of carbonyl (C=O) groups is 2. The topological polar surface area (TPSA) is 74.6 Å². The second kappa shape index (κ2) is 8.09. The van der Waals surface area contributed by atoms with Crippen molar-refractivity contribution in [2.24, 2.45) is 0 Å². The Bertz CT molecular complexity index is 992. The zero-order valence-corrected chi connectivity index (χ0v) is 15.6. The summed E-state index contributed by atoms with van der Waals surface area (Å²) >= 11 is 0. The molecule has 0 saturated heterocycles. The van der Waals surface area contributed by atoms with Crippen LogP contribution in [0.5, 0.6) is 0 Å². The van der Waals surface area contributed by atoms with Gasteiger partial charge in [0.25, 0.3) is 0 Å². The lowest BCUT2D eigenvalue weighted by atomic mass is 9.84. The van der Waals surface area contributed by atoms with E-state index >= 15 is 0 Å². The van der Waals surface area contributed by atoms with Crippen molar-refractivity contribution in [1.82, 2.24) is 0 Å². The van der Waals surface area contributed by atoms with Crippen molar-refractivity contribution in [1.29, 1.82) is 0 Å². The molecule has 2 aromatic carbocycles. The number of carboxylic acids is 2. The number of halogens is 12. The molecule has 186 valence electrons. The maximum Gasteiger partial charge on any atom is 0.417 e. The Balaban J connectivity index is 3.37. The number of carboxylic acid groups (broad SMARTS) is 2. The highest BCUT2D eigenvalue weighted by atomic mass is 19.4. The van der Waals surface area contributed by atoms with Crippen LogP contribution in [0.15, 0.2) is 24.3 Å². The monoisotopic (exact) mass is 514 g/mol.